The third-order valence-corrected chi connectivity index (χ3v) is 1.64. The molecule has 0 fully saturated rings. The van der Waals surface area contributed by atoms with Crippen molar-refractivity contribution in [1.29, 1.82) is 0 Å². The van der Waals surface area contributed by atoms with Crippen LogP contribution in [-0.4, -0.2) is 17.7 Å². The highest BCUT2D eigenvalue weighted by atomic mass is 35.5. The number of rotatable bonds is 3. The molecule has 0 aliphatic rings. The number of benzene rings is 1. The Bertz CT molecular complexity index is 368. The van der Waals surface area contributed by atoms with Gasteiger partial charge in [0, 0.05) is 0 Å². The van der Waals surface area contributed by atoms with Gasteiger partial charge in [0.15, 0.2) is 18.2 Å². The second-order valence-corrected chi connectivity index (χ2v) is 2.76. The maximum absolute atomic E-state index is 12.9. The minimum atomic E-state index is -1.29. The molecule has 76 valence electrons. The first-order chi connectivity index (χ1) is 6.52. The summed E-state index contributed by atoms with van der Waals surface area (Å²) in [6.45, 7) is -0.738. The van der Waals surface area contributed by atoms with E-state index < -0.39 is 30.0 Å². The molecule has 0 aliphatic carbocycles. The Labute approximate surface area is 82.9 Å². The van der Waals surface area contributed by atoms with Crippen molar-refractivity contribution in [2.24, 2.45) is 0 Å². The molecular formula is C8H5ClF2O3. The molecule has 0 saturated heterocycles. The van der Waals surface area contributed by atoms with Crippen molar-refractivity contribution in [3.05, 3.63) is 28.8 Å². The molecule has 1 aromatic rings. The second kappa shape index (κ2) is 4.23. The Hall–Kier alpha value is -1.36. The quantitative estimate of drug-likeness (QED) is 0.797. The molecule has 0 aliphatic heterocycles. The average Bonchev–Trinajstić information content (AvgIpc) is 2.13. The lowest BCUT2D eigenvalue weighted by molar-refractivity contribution is -0.139. The summed E-state index contributed by atoms with van der Waals surface area (Å²) in [6, 6.07) is 2.14. The van der Waals surface area contributed by atoms with Crippen LogP contribution in [0.5, 0.6) is 5.75 Å². The van der Waals surface area contributed by atoms with Crippen LogP contribution >= 0.6 is 11.6 Å². The predicted octanol–water partition coefficient (Wildman–Crippen LogP) is 2.08. The van der Waals surface area contributed by atoms with Crippen LogP contribution in [0.25, 0.3) is 0 Å². The van der Waals surface area contributed by atoms with Crippen LogP contribution in [0.4, 0.5) is 8.78 Å². The summed E-state index contributed by atoms with van der Waals surface area (Å²) >= 11 is 5.26. The first-order valence-electron chi connectivity index (χ1n) is 3.50. The fourth-order valence-electron chi connectivity index (χ4n) is 0.759. The summed E-state index contributed by atoms with van der Waals surface area (Å²) in [5, 5.41) is 7.84. The average molecular weight is 223 g/mol. The van der Waals surface area contributed by atoms with Crippen LogP contribution < -0.4 is 4.74 Å². The third kappa shape index (κ3) is 2.32. The summed E-state index contributed by atoms with van der Waals surface area (Å²) < 4.78 is 30.2. The minimum Gasteiger partial charge on any atom is -0.479 e. The van der Waals surface area contributed by atoms with Gasteiger partial charge in [0.05, 0.1) is 5.02 Å². The predicted molar refractivity (Wildman–Crippen MR) is 44.5 cm³/mol. The van der Waals surface area contributed by atoms with E-state index in [-0.39, 0.29) is 5.02 Å². The molecule has 14 heavy (non-hydrogen) atoms. The largest absolute Gasteiger partial charge is 0.479 e. The Morgan fingerprint density at radius 1 is 1.43 bits per heavy atom. The number of hydrogen-bond acceptors (Lipinski definition) is 2. The van der Waals surface area contributed by atoms with Crippen LogP contribution in [0, 0.1) is 11.6 Å². The van der Waals surface area contributed by atoms with Crippen LogP contribution in [0.2, 0.25) is 5.02 Å². The molecule has 0 atom stereocenters. The van der Waals surface area contributed by atoms with Gasteiger partial charge in [0.25, 0.3) is 0 Å². The number of halogens is 3. The van der Waals surface area contributed by atoms with Crippen molar-refractivity contribution in [1.82, 2.24) is 0 Å². The highest BCUT2D eigenvalue weighted by Crippen LogP contribution is 2.25. The van der Waals surface area contributed by atoms with Gasteiger partial charge in [-0.15, -0.1) is 0 Å². The van der Waals surface area contributed by atoms with Crippen LogP contribution in [-0.2, 0) is 4.79 Å². The van der Waals surface area contributed by atoms with Crippen LogP contribution in [0.3, 0.4) is 0 Å². The zero-order chi connectivity index (χ0) is 10.7. The Kier molecular flexibility index (Phi) is 3.24. The van der Waals surface area contributed by atoms with Gasteiger partial charge in [-0.1, -0.05) is 11.6 Å². The number of carbonyl (C=O) groups is 1. The van der Waals surface area contributed by atoms with E-state index in [0.29, 0.717) is 0 Å². The molecule has 3 nitrogen and oxygen atoms in total. The van der Waals surface area contributed by atoms with Crippen molar-refractivity contribution in [3.63, 3.8) is 0 Å². The molecule has 0 radical (unpaired) electrons. The van der Waals surface area contributed by atoms with Gasteiger partial charge >= 0.3 is 5.97 Å². The number of carboxylic acid groups (broad SMARTS) is 1. The number of ether oxygens (including phenoxy) is 1. The maximum Gasteiger partial charge on any atom is 0.341 e. The van der Waals surface area contributed by atoms with E-state index in [1.54, 1.807) is 0 Å². The molecule has 6 heteroatoms. The first kappa shape index (κ1) is 10.7. The van der Waals surface area contributed by atoms with Gasteiger partial charge in [-0.3, -0.25) is 0 Å². The smallest absolute Gasteiger partial charge is 0.341 e. The van der Waals surface area contributed by atoms with E-state index in [2.05, 4.69) is 4.74 Å². The monoisotopic (exact) mass is 222 g/mol. The topological polar surface area (TPSA) is 46.5 Å². The summed E-state index contributed by atoms with van der Waals surface area (Å²) in [5.74, 6) is -4.30. The minimum absolute atomic E-state index is 0.384. The van der Waals surface area contributed by atoms with Crippen molar-refractivity contribution in [3.8, 4) is 5.75 Å². The van der Waals surface area contributed by atoms with Crippen molar-refractivity contribution < 1.29 is 23.4 Å². The van der Waals surface area contributed by atoms with E-state index in [9.17, 15) is 13.6 Å². The van der Waals surface area contributed by atoms with Crippen LogP contribution in [0.1, 0.15) is 0 Å². The normalized spacial score (nSPS) is 9.93. The zero-order valence-corrected chi connectivity index (χ0v) is 7.52. The molecule has 0 amide bonds. The molecule has 0 spiro atoms. The first-order valence-corrected chi connectivity index (χ1v) is 3.88. The molecule has 1 aromatic carbocycles. The molecule has 0 saturated carbocycles. The third-order valence-electron chi connectivity index (χ3n) is 1.35. The van der Waals surface area contributed by atoms with E-state index in [0.717, 1.165) is 12.1 Å². The van der Waals surface area contributed by atoms with E-state index in [1.807, 2.05) is 0 Å². The number of carboxylic acids is 1. The SMILES string of the molecule is O=C(O)COc1ccc(Cl)c(F)c1F. The summed E-state index contributed by atoms with van der Waals surface area (Å²) in [6.07, 6.45) is 0. The number of aliphatic carboxylic acids is 1. The molecule has 0 bridgehead atoms. The maximum atomic E-state index is 12.9. The van der Waals surface area contributed by atoms with Gasteiger partial charge in [-0.25, -0.2) is 9.18 Å². The summed E-state index contributed by atoms with van der Waals surface area (Å²) in [5.41, 5.74) is 0. The highest BCUT2D eigenvalue weighted by Gasteiger charge is 2.13. The second-order valence-electron chi connectivity index (χ2n) is 2.36. The molecule has 0 aromatic heterocycles. The number of hydrogen-bond donors (Lipinski definition) is 1. The fourth-order valence-corrected chi connectivity index (χ4v) is 0.905. The molecule has 1 rings (SSSR count). The van der Waals surface area contributed by atoms with E-state index >= 15 is 0 Å². The Morgan fingerprint density at radius 3 is 2.64 bits per heavy atom. The lowest BCUT2D eigenvalue weighted by Gasteiger charge is -2.05. The van der Waals surface area contributed by atoms with Crippen molar-refractivity contribution in [2.75, 3.05) is 6.61 Å². The lowest BCUT2D eigenvalue weighted by atomic mass is 10.3. The van der Waals surface area contributed by atoms with E-state index in [1.165, 1.54) is 0 Å². The van der Waals surface area contributed by atoms with Gasteiger partial charge < -0.3 is 9.84 Å². The van der Waals surface area contributed by atoms with Gasteiger partial charge in [0.1, 0.15) is 0 Å². The molecule has 0 unspecified atom stereocenters. The van der Waals surface area contributed by atoms with Crippen molar-refractivity contribution >= 4 is 17.6 Å². The zero-order valence-electron chi connectivity index (χ0n) is 6.76. The molecular weight excluding hydrogens is 218 g/mol. The molecule has 1 N–H and O–H groups in total. The van der Waals surface area contributed by atoms with Gasteiger partial charge in [0.2, 0.25) is 5.82 Å². The lowest BCUT2D eigenvalue weighted by Crippen LogP contribution is -2.10. The Balaban J connectivity index is 2.88. The Morgan fingerprint density at radius 2 is 2.07 bits per heavy atom. The highest BCUT2D eigenvalue weighted by molar-refractivity contribution is 6.30. The summed E-state index contributed by atoms with van der Waals surface area (Å²) in [7, 11) is 0. The standard InChI is InChI=1S/C8H5ClF2O3/c9-4-1-2-5(8(11)7(4)10)14-3-6(12)13/h1-2H,3H2,(H,12,13). The van der Waals surface area contributed by atoms with Crippen LogP contribution in [0.15, 0.2) is 12.1 Å². The molecule has 0 heterocycles. The fraction of sp³-hybridized carbons (Fsp3) is 0.125. The van der Waals surface area contributed by atoms with E-state index in [4.69, 9.17) is 16.7 Å². The van der Waals surface area contributed by atoms with Gasteiger partial charge in [-0.05, 0) is 12.1 Å². The summed E-state index contributed by atoms with van der Waals surface area (Å²) in [4.78, 5) is 10.1. The van der Waals surface area contributed by atoms with Crippen molar-refractivity contribution in [2.45, 2.75) is 0 Å². The van der Waals surface area contributed by atoms with Gasteiger partial charge in [-0.2, -0.15) is 4.39 Å².